The largest absolute Gasteiger partial charge is 0.312 e. The van der Waals surface area contributed by atoms with Crippen LogP contribution >= 0.6 is 11.8 Å². The molecule has 4 heteroatoms. The molecule has 0 spiro atoms. The number of thioether (sulfide) groups is 1. The fraction of sp³-hybridized carbons (Fsp3) is 0.625. The molecule has 20 heavy (non-hydrogen) atoms. The van der Waals surface area contributed by atoms with Crippen molar-refractivity contribution in [2.45, 2.75) is 46.1 Å². The molecule has 1 saturated heterocycles. The van der Waals surface area contributed by atoms with E-state index in [9.17, 15) is 0 Å². The van der Waals surface area contributed by atoms with Gasteiger partial charge >= 0.3 is 0 Å². The van der Waals surface area contributed by atoms with E-state index in [-0.39, 0.29) is 5.41 Å². The average molecular weight is 289 g/mol. The molecule has 3 nitrogen and oxygen atoms in total. The number of rotatable bonds is 2. The molecule has 3 rings (SSSR count). The third-order valence-corrected chi connectivity index (χ3v) is 4.91. The summed E-state index contributed by atoms with van der Waals surface area (Å²) >= 11 is 2.06. The van der Waals surface area contributed by atoms with E-state index in [0.717, 1.165) is 17.7 Å². The number of fused-ring (bicyclic) bond motifs is 1. The summed E-state index contributed by atoms with van der Waals surface area (Å²) in [5.74, 6) is 4.34. The Morgan fingerprint density at radius 1 is 1.40 bits per heavy atom. The predicted molar refractivity (Wildman–Crippen MR) is 86.3 cm³/mol. The summed E-state index contributed by atoms with van der Waals surface area (Å²) in [6.45, 7) is 7.82. The SMILES string of the molecule is CC(C)(C)Cn1c(C2CCCSC2)nc2cccnc21. The van der Waals surface area contributed by atoms with Crippen LogP contribution < -0.4 is 0 Å². The lowest BCUT2D eigenvalue weighted by atomic mass is 9.96. The maximum absolute atomic E-state index is 4.91. The van der Waals surface area contributed by atoms with Gasteiger partial charge < -0.3 is 4.57 Å². The Morgan fingerprint density at radius 2 is 2.25 bits per heavy atom. The molecule has 0 aliphatic carbocycles. The minimum absolute atomic E-state index is 0.238. The summed E-state index contributed by atoms with van der Waals surface area (Å²) in [5.41, 5.74) is 2.33. The second-order valence-corrected chi connectivity index (χ2v) is 8.03. The number of hydrogen-bond acceptors (Lipinski definition) is 3. The molecule has 1 aliphatic heterocycles. The van der Waals surface area contributed by atoms with E-state index in [1.165, 1.54) is 30.2 Å². The molecule has 1 atom stereocenters. The van der Waals surface area contributed by atoms with Crippen molar-refractivity contribution in [3.63, 3.8) is 0 Å². The van der Waals surface area contributed by atoms with Gasteiger partial charge in [0.2, 0.25) is 0 Å². The van der Waals surface area contributed by atoms with Crippen LogP contribution in [0.25, 0.3) is 11.2 Å². The van der Waals surface area contributed by atoms with Gasteiger partial charge in [-0.25, -0.2) is 9.97 Å². The molecule has 0 N–H and O–H groups in total. The average Bonchev–Trinajstić information content (AvgIpc) is 2.77. The van der Waals surface area contributed by atoms with E-state index in [0.29, 0.717) is 5.92 Å². The van der Waals surface area contributed by atoms with Gasteiger partial charge in [-0.2, -0.15) is 11.8 Å². The van der Waals surface area contributed by atoms with Gasteiger partial charge in [-0.15, -0.1) is 0 Å². The molecule has 3 heterocycles. The van der Waals surface area contributed by atoms with Crippen LogP contribution in [0.4, 0.5) is 0 Å². The normalized spacial score (nSPS) is 20.4. The van der Waals surface area contributed by atoms with Crippen molar-refractivity contribution in [1.82, 2.24) is 14.5 Å². The Morgan fingerprint density at radius 3 is 2.95 bits per heavy atom. The minimum atomic E-state index is 0.238. The van der Waals surface area contributed by atoms with Crippen LogP contribution in [0.15, 0.2) is 18.3 Å². The van der Waals surface area contributed by atoms with Gasteiger partial charge in [0.15, 0.2) is 5.65 Å². The van der Waals surface area contributed by atoms with Gasteiger partial charge in [0.1, 0.15) is 11.3 Å². The lowest BCUT2D eigenvalue weighted by Gasteiger charge is -2.25. The van der Waals surface area contributed by atoms with Crippen LogP contribution in [0.2, 0.25) is 0 Å². The van der Waals surface area contributed by atoms with Crippen molar-refractivity contribution in [2.75, 3.05) is 11.5 Å². The highest BCUT2D eigenvalue weighted by molar-refractivity contribution is 7.99. The molecule has 0 amide bonds. The summed E-state index contributed by atoms with van der Waals surface area (Å²) in [5, 5.41) is 0. The fourth-order valence-electron chi connectivity index (χ4n) is 2.86. The lowest BCUT2D eigenvalue weighted by Crippen LogP contribution is -2.21. The van der Waals surface area contributed by atoms with E-state index < -0.39 is 0 Å². The van der Waals surface area contributed by atoms with E-state index >= 15 is 0 Å². The van der Waals surface area contributed by atoms with Gasteiger partial charge in [-0.05, 0) is 36.1 Å². The van der Waals surface area contributed by atoms with Crippen molar-refractivity contribution in [3.8, 4) is 0 Å². The highest BCUT2D eigenvalue weighted by Gasteiger charge is 2.25. The number of imidazole rings is 1. The second-order valence-electron chi connectivity index (χ2n) is 6.88. The van der Waals surface area contributed by atoms with E-state index in [1.54, 1.807) is 0 Å². The Labute approximate surface area is 125 Å². The van der Waals surface area contributed by atoms with Crippen LogP contribution in [-0.4, -0.2) is 26.0 Å². The molecule has 1 fully saturated rings. The summed E-state index contributed by atoms with van der Waals surface area (Å²) in [4.78, 5) is 9.48. The van der Waals surface area contributed by atoms with Crippen LogP contribution in [0, 0.1) is 5.41 Å². The number of hydrogen-bond donors (Lipinski definition) is 0. The number of nitrogens with zero attached hydrogens (tertiary/aromatic N) is 3. The molecular weight excluding hydrogens is 266 g/mol. The molecule has 0 saturated carbocycles. The van der Waals surface area contributed by atoms with Gasteiger partial charge in [-0.1, -0.05) is 20.8 Å². The number of pyridine rings is 1. The first-order chi connectivity index (χ1) is 9.54. The molecule has 0 bridgehead atoms. The summed E-state index contributed by atoms with van der Waals surface area (Å²) in [7, 11) is 0. The zero-order valence-corrected chi connectivity index (χ0v) is 13.4. The highest BCUT2D eigenvalue weighted by atomic mass is 32.2. The van der Waals surface area contributed by atoms with E-state index in [1.807, 2.05) is 12.3 Å². The second kappa shape index (κ2) is 5.40. The van der Waals surface area contributed by atoms with Gasteiger partial charge in [0, 0.05) is 24.4 Å². The van der Waals surface area contributed by atoms with Crippen LogP contribution in [0.1, 0.15) is 45.4 Å². The van der Waals surface area contributed by atoms with Crippen molar-refractivity contribution in [1.29, 1.82) is 0 Å². The van der Waals surface area contributed by atoms with Crippen LogP contribution in [0.3, 0.4) is 0 Å². The van der Waals surface area contributed by atoms with Gasteiger partial charge in [-0.3, -0.25) is 0 Å². The summed E-state index contributed by atoms with van der Waals surface area (Å²) in [6, 6.07) is 4.07. The molecule has 1 aliphatic rings. The first-order valence-corrected chi connectivity index (χ1v) is 8.59. The zero-order valence-electron chi connectivity index (χ0n) is 12.6. The summed E-state index contributed by atoms with van der Waals surface area (Å²) < 4.78 is 2.37. The molecule has 2 aromatic heterocycles. The standard InChI is InChI=1S/C16H23N3S/c1-16(2,3)11-19-14(12-6-5-9-20-10-12)18-13-7-4-8-17-15(13)19/h4,7-8,12H,5-6,9-11H2,1-3H3. The van der Waals surface area contributed by atoms with Crippen LogP contribution in [-0.2, 0) is 6.54 Å². The monoisotopic (exact) mass is 289 g/mol. The van der Waals surface area contributed by atoms with Crippen molar-refractivity contribution in [3.05, 3.63) is 24.2 Å². The van der Waals surface area contributed by atoms with Crippen molar-refractivity contribution >= 4 is 22.9 Å². The summed E-state index contributed by atoms with van der Waals surface area (Å²) in [6.07, 6.45) is 4.45. The first kappa shape index (κ1) is 13.9. The molecule has 0 radical (unpaired) electrons. The molecule has 1 unspecified atom stereocenters. The minimum Gasteiger partial charge on any atom is -0.312 e. The number of aromatic nitrogens is 3. The third-order valence-electron chi connectivity index (χ3n) is 3.69. The topological polar surface area (TPSA) is 30.7 Å². The molecule has 108 valence electrons. The van der Waals surface area contributed by atoms with Gasteiger partial charge in [0.05, 0.1) is 0 Å². The third kappa shape index (κ3) is 2.85. The van der Waals surface area contributed by atoms with Crippen molar-refractivity contribution < 1.29 is 0 Å². The Kier molecular flexibility index (Phi) is 3.76. The Balaban J connectivity index is 2.06. The fourth-order valence-corrected chi connectivity index (χ4v) is 4.00. The molecular formula is C16H23N3S. The maximum atomic E-state index is 4.91. The Bertz CT molecular complexity index is 591. The quantitative estimate of drug-likeness (QED) is 0.834. The highest BCUT2D eigenvalue weighted by Crippen LogP contribution is 2.33. The Hall–Kier alpha value is -1.03. The predicted octanol–water partition coefficient (Wildman–Crippen LogP) is 4.09. The lowest BCUT2D eigenvalue weighted by molar-refractivity contribution is 0.338. The smallest absolute Gasteiger partial charge is 0.160 e. The van der Waals surface area contributed by atoms with E-state index in [4.69, 9.17) is 4.98 Å². The van der Waals surface area contributed by atoms with E-state index in [2.05, 4.69) is 48.2 Å². The maximum Gasteiger partial charge on any atom is 0.160 e. The van der Waals surface area contributed by atoms with Gasteiger partial charge in [0.25, 0.3) is 0 Å². The molecule has 0 aromatic carbocycles. The zero-order chi connectivity index (χ0) is 14.2. The molecule has 2 aromatic rings. The van der Waals surface area contributed by atoms with Crippen molar-refractivity contribution in [2.24, 2.45) is 5.41 Å². The first-order valence-electron chi connectivity index (χ1n) is 7.43. The van der Waals surface area contributed by atoms with Crippen LogP contribution in [0.5, 0.6) is 0 Å².